The van der Waals surface area contributed by atoms with Crippen LogP contribution in [0.25, 0.3) is 0 Å². The van der Waals surface area contributed by atoms with Crippen LogP contribution in [-0.2, 0) is 0 Å². The van der Waals surface area contributed by atoms with E-state index in [1.165, 1.54) is 0 Å². The van der Waals surface area contributed by atoms with Gasteiger partial charge in [-0.15, -0.1) is 0 Å². The first kappa shape index (κ1) is 11.7. The minimum absolute atomic E-state index is 0.0957. The quantitative estimate of drug-likeness (QED) is 0.707. The van der Waals surface area contributed by atoms with Crippen molar-refractivity contribution in [1.82, 2.24) is 5.32 Å². The van der Waals surface area contributed by atoms with Crippen molar-refractivity contribution in [3.63, 3.8) is 0 Å². The molecular formula is C11H14ClN5. The van der Waals surface area contributed by atoms with Crippen molar-refractivity contribution in [2.75, 3.05) is 11.9 Å². The third-order valence-electron chi connectivity index (χ3n) is 2.23. The van der Waals surface area contributed by atoms with Crippen LogP contribution in [0.2, 0.25) is 5.02 Å². The van der Waals surface area contributed by atoms with Crippen LogP contribution in [-0.4, -0.2) is 24.5 Å². The van der Waals surface area contributed by atoms with Crippen LogP contribution in [0, 0.1) is 0 Å². The van der Waals surface area contributed by atoms with Crippen LogP contribution in [0.15, 0.2) is 34.3 Å². The molecule has 1 aromatic carbocycles. The first-order valence-corrected chi connectivity index (χ1v) is 5.68. The van der Waals surface area contributed by atoms with Crippen molar-refractivity contribution in [3.05, 3.63) is 29.3 Å². The predicted octanol–water partition coefficient (Wildman–Crippen LogP) is 1.41. The topological polar surface area (TPSA) is 74.8 Å². The summed E-state index contributed by atoms with van der Waals surface area (Å²) in [5.41, 5.74) is 6.55. The average Bonchev–Trinajstić information content (AvgIpc) is 2.44. The normalized spacial score (nSPS) is 19.8. The highest BCUT2D eigenvalue weighted by molar-refractivity contribution is 6.30. The maximum Gasteiger partial charge on any atom is 0.202 e. The number of hydrogen-bond donors (Lipinski definition) is 3. The van der Waals surface area contributed by atoms with E-state index in [2.05, 4.69) is 20.6 Å². The van der Waals surface area contributed by atoms with Crippen molar-refractivity contribution in [1.29, 1.82) is 0 Å². The maximum absolute atomic E-state index is 5.81. The summed E-state index contributed by atoms with van der Waals surface area (Å²) in [4.78, 5) is 8.53. The summed E-state index contributed by atoms with van der Waals surface area (Å²) in [6.45, 7) is 2.57. The van der Waals surface area contributed by atoms with Crippen LogP contribution in [0.4, 0.5) is 5.69 Å². The van der Waals surface area contributed by atoms with Gasteiger partial charge in [0.2, 0.25) is 5.96 Å². The molecular weight excluding hydrogens is 238 g/mol. The first-order valence-electron chi connectivity index (χ1n) is 5.31. The Morgan fingerprint density at radius 2 is 2.12 bits per heavy atom. The Kier molecular flexibility index (Phi) is 3.49. The molecule has 1 aliphatic rings. The number of aliphatic imine (C=N–C) groups is 2. The van der Waals surface area contributed by atoms with Gasteiger partial charge in [-0.25, -0.2) is 4.99 Å². The molecule has 90 valence electrons. The van der Waals surface area contributed by atoms with E-state index in [9.17, 15) is 0 Å². The molecule has 0 radical (unpaired) electrons. The Hall–Kier alpha value is -1.75. The molecule has 0 spiro atoms. The average molecular weight is 252 g/mol. The van der Waals surface area contributed by atoms with Gasteiger partial charge >= 0.3 is 0 Å². The third-order valence-corrected chi connectivity index (χ3v) is 2.48. The second kappa shape index (κ2) is 5.05. The van der Waals surface area contributed by atoms with Gasteiger partial charge in [0.15, 0.2) is 5.96 Å². The zero-order valence-electron chi connectivity index (χ0n) is 9.44. The Morgan fingerprint density at radius 1 is 1.41 bits per heavy atom. The smallest absolute Gasteiger partial charge is 0.202 e. The second-order valence-corrected chi connectivity index (χ2v) is 4.25. The first-order chi connectivity index (χ1) is 8.13. The van der Waals surface area contributed by atoms with Gasteiger partial charge in [-0.3, -0.25) is 10.3 Å². The molecule has 0 fully saturated rings. The van der Waals surface area contributed by atoms with Crippen molar-refractivity contribution < 1.29 is 0 Å². The zero-order chi connectivity index (χ0) is 12.3. The summed E-state index contributed by atoms with van der Waals surface area (Å²) >= 11 is 5.81. The minimum Gasteiger partial charge on any atom is -0.370 e. The fourth-order valence-corrected chi connectivity index (χ4v) is 1.54. The van der Waals surface area contributed by atoms with Gasteiger partial charge in [-0.2, -0.15) is 0 Å². The SMILES string of the molecule is CC1CN=C(N)NC(Nc2ccc(Cl)cc2)=N1. The van der Waals surface area contributed by atoms with Crippen LogP contribution in [0.3, 0.4) is 0 Å². The number of nitrogens with two attached hydrogens (primary N) is 1. The number of nitrogens with zero attached hydrogens (tertiary/aromatic N) is 2. The highest BCUT2D eigenvalue weighted by Crippen LogP contribution is 2.13. The molecule has 2 rings (SSSR count). The largest absolute Gasteiger partial charge is 0.370 e. The van der Waals surface area contributed by atoms with Crippen LogP contribution < -0.4 is 16.4 Å². The Labute approximate surface area is 105 Å². The van der Waals surface area contributed by atoms with E-state index < -0.39 is 0 Å². The van der Waals surface area contributed by atoms with E-state index in [0.29, 0.717) is 23.5 Å². The summed E-state index contributed by atoms with van der Waals surface area (Å²) in [5, 5.41) is 6.73. The number of benzene rings is 1. The molecule has 0 saturated heterocycles. The predicted molar refractivity (Wildman–Crippen MR) is 71.6 cm³/mol. The van der Waals surface area contributed by atoms with Gasteiger partial charge in [0.25, 0.3) is 0 Å². The molecule has 1 aliphatic heterocycles. The standard InChI is InChI=1S/C11H14ClN5/c1-7-6-14-10(13)17-11(15-7)16-9-4-2-8(12)3-5-9/h2-5,7H,6H2,1H3,(H4,13,14,15,16,17). The maximum atomic E-state index is 5.81. The Balaban J connectivity index is 2.12. The van der Waals surface area contributed by atoms with E-state index in [1.54, 1.807) is 0 Å². The number of hydrogen-bond acceptors (Lipinski definition) is 5. The molecule has 0 aromatic heterocycles. The van der Waals surface area contributed by atoms with E-state index in [4.69, 9.17) is 17.3 Å². The monoisotopic (exact) mass is 251 g/mol. The Morgan fingerprint density at radius 3 is 2.82 bits per heavy atom. The molecule has 17 heavy (non-hydrogen) atoms. The van der Waals surface area contributed by atoms with Crippen molar-refractivity contribution >= 4 is 29.2 Å². The van der Waals surface area contributed by atoms with Gasteiger partial charge in [0.1, 0.15) is 0 Å². The summed E-state index contributed by atoms with van der Waals surface area (Å²) in [5.74, 6) is 0.966. The fraction of sp³-hybridized carbons (Fsp3) is 0.273. The Bertz CT molecular complexity index is 451. The van der Waals surface area contributed by atoms with Crippen molar-refractivity contribution in [3.8, 4) is 0 Å². The van der Waals surface area contributed by atoms with Gasteiger partial charge in [0.05, 0.1) is 12.6 Å². The minimum atomic E-state index is 0.0957. The molecule has 1 unspecified atom stereocenters. The number of halogens is 1. The second-order valence-electron chi connectivity index (χ2n) is 3.81. The van der Waals surface area contributed by atoms with E-state index in [1.807, 2.05) is 31.2 Å². The molecule has 0 aliphatic carbocycles. The molecule has 1 heterocycles. The molecule has 0 bridgehead atoms. The van der Waals surface area contributed by atoms with Crippen LogP contribution in [0.1, 0.15) is 6.92 Å². The lowest BCUT2D eigenvalue weighted by atomic mass is 10.3. The third kappa shape index (κ3) is 3.35. The molecule has 0 saturated carbocycles. The van der Waals surface area contributed by atoms with E-state index in [0.717, 1.165) is 5.69 Å². The summed E-state index contributed by atoms with van der Waals surface area (Å²) in [7, 11) is 0. The van der Waals surface area contributed by atoms with E-state index >= 15 is 0 Å². The van der Waals surface area contributed by atoms with Gasteiger partial charge in [0, 0.05) is 10.7 Å². The number of rotatable bonds is 1. The van der Waals surface area contributed by atoms with Crippen molar-refractivity contribution in [2.45, 2.75) is 13.0 Å². The molecule has 5 nitrogen and oxygen atoms in total. The molecule has 6 heteroatoms. The van der Waals surface area contributed by atoms with E-state index in [-0.39, 0.29) is 6.04 Å². The summed E-state index contributed by atoms with van der Waals surface area (Å²) in [6.07, 6.45) is 0. The van der Waals surface area contributed by atoms with Crippen LogP contribution in [0.5, 0.6) is 0 Å². The molecule has 0 amide bonds. The lowest BCUT2D eigenvalue weighted by Gasteiger charge is -2.10. The van der Waals surface area contributed by atoms with Gasteiger partial charge in [-0.05, 0) is 31.2 Å². The number of guanidine groups is 2. The van der Waals surface area contributed by atoms with Gasteiger partial charge < -0.3 is 11.1 Å². The lowest BCUT2D eigenvalue weighted by molar-refractivity contribution is 0.760. The molecule has 1 aromatic rings. The fourth-order valence-electron chi connectivity index (χ4n) is 1.42. The zero-order valence-corrected chi connectivity index (χ0v) is 10.2. The van der Waals surface area contributed by atoms with Crippen LogP contribution >= 0.6 is 11.6 Å². The number of anilines is 1. The van der Waals surface area contributed by atoms with Crippen molar-refractivity contribution in [2.24, 2.45) is 15.7 Å². The molecule has 1 atom stereocenters. The number of nitrogens with one attached hydrogen (secondary N) is 2. The molecule has 4 N–H and O–H groups in total. The lowest BCUT2D eigenvalue weighted by Crippen LogP contribution is -2.40. The highest BCUT2D eigenvalue weighted by atomic mass is 35.5. The summed E-state index contributed by atoms with van der Waals surface area (Å²) < 4.78 is 0. The summed E-state index contributed by atoms with van der Waals surface area (Å²) in [6, 6.07) is 7.45. The highest BCUT2D eigenvalue weighted by Gasteiger charge is 2.09. The van der Waals surface area contributed by atoms with Gasteiger partial charge in [-0.1, -0.05) is 11.6 Å².